The van der Waals surface area contributed by atoms with Crippen molar-refractivity contribution >= 4 is 16.9 Å². The summed E-state index contributed by atoms with van der Waals surface area (Å²) in [6.07, 6.45) is 10.6. The Balaban J connectivity index is 1.32. The highest BCUT2D eigenvalue weighted by Gasteiger charge is 2.31. The molecule has 1 aliphatic heterocycles. The molecule has 0 amide bonds. The number of aryl methyl sites for hydroxylation is 2. The second-order valence-corrected chi connectivity index (χ2v) is 10.00. The van der Waals surface area contributed by atoms with Gasteiger partial charge in [0.2, 0.25) is 0 Å². The maximum atomic E-state index is 11.6. The van der Waals surface area contributed by atoms with Crippen LogP contribution in [0.15, 0.2) is 42.9 Å². The lowest BCUT2D eigenvalue weighted by molar-refractivity contribution is -0.139. The number of carbonyl (C=O) groups is 1. The van der Waals surface area contributed by atoms with Gasteiger partial charge in [0.05, 0.1) is 18.7 Å². The van der Waals surface area contributed by atoms with Crippen LogP contribution in [-0.4, -0.2) is 62.4 Å². The van der Waals surface area contributed by atoms with Crippen LogP contribution >= 0.6 is 0 Å². The first-order chi connectivity index (χ1) is 17.4. The average molecular weight is 495 g/mol. The fraction of sp³-hybridized carbons (Fsp3) is 0.536. The number of likely N-dealkylation sites (tertiary alicyclic amines) is 1. The Morgan fingerprint density at radius 2 is 2.06 bits per heavy atom. The Kier molecular flexibility index (Phi) is 8.93. The van der Waals surface area contributed by atoms with Crippen LogP contribution in [0.3, 0.4) is 0 Å². The van der Waals surface area contributed by atoms with Crippen LogP contribution in [0, 0.1) is 11.8 Å². The number of fused-ring (bicyclic) bond motifs is 1. The number of nitrogens with zero attached hydrogens (tertiary/aromatic N) is 4. The summed E-state index contributed by atoms with van der Waals surface area (Å²) in [7, 11) is 3.65. The zero-order chi connectivity index (χ0) is 25.5. The number of benzene rings is 1. The van der Waals surface area contributed by atoms with Crippen molar-refractivity contribution in [1.29, 1.82) is 0 Å². The van der Waals surface area contributed by atoms with Gasteiger partial charge in [-0.15, -0.1) is 0 Å². The SMILES string of the molecule is COc1ccc2nccc(C(O)CC[C@@H]3CCN(CCCCc4nccn4C)C[C@@H]3CC(=O)O)c2c1. The van der Waals surface area contributed by atoms with Crippen molar-refractivity contribution in [2.45, 2.75) is 51.0 Å². The number of rotatable bonds is 12. The van der Waals surface area contributed by atoms with Crippen LogP contribution in [0.5, 0.6) is 5.75 Å². The predicted octanol–water partition coefficient (Wildman–Crippen LogP) is 4.23. The molecule has 0 spiro atoms. The number of aliphatic hydroxyl groups excluding tert-OH is 1. The fourth-order valence-corrected chi connectivity index (χ4v) is 5.54. The molecule has 36 heavy (non-hydrogen) atoms. The van der Waals surface area contributed by atoms with Crippen molar-refractivity contribution in [3.63, 3.8) is 0 Å². The van der Waals surface area contributed by atoms with E-state index in [9.17, 15) is 15.0 Å². The number of carboxylic acid groups (broad SMARTS) is 1. The number of aromatic nitrogens is 3. The monoisotopic (exact) mass is 494 g/mol. The summed E-state index contributed by atoms with van der Waals surface area (Å²) in [6.45, 7) is 2.78. The zero-order valence-electron chi connectivity index (χ0n) is 21.3. The number of pyridine rings is 1. The van der Waals surface area contributed by atoms with Crippen LogP contribution in [0.4, 0.5) is 0 Å². The number of methoxy groups -OCH3 is 1. The van der Waals surface area contributed by atoms with E-state index in [4.69, 9.17) is 4.74 Å². The molecular weight excluding hydrogens is 456 g/mol. The van der Waals surface area contributed by atoms with Gasteiger partial charge < -0.3 is 24.4 Å². The van der Waals surface area contributed by atoms with E-state index in [0.717, 1.165) is 79.8 Å². The van der Waals surface area contributed by atoms with Gasteiger partial charge in [-0.1, -0.05) is 0 Å². The molecule has 0 bridgehead atoms. The molecule has 0 aliphatic carbocycles. The standard InChI is InChI=1S/C28H38N4O4/c1-31-16-13-30-27(31)5-3-4-14-32-15-11-20(21(19-32)17-28(34)35)6-9-26(33)23-10-12-29-25-8-7-22(36-2)18-24(23)25/h7-8,10,12-13,16,18,20-21,26,33H,3-6,9,11,14-15,17,19H2,1-2H3,(H,34,35)/t20-,21+,26?/m1/s1. The first kappa shape index (κ1) is 26.1. The molecule has 8 nitrogen and oxygen atoms in total. The maximum absolute atomic E-state index is 11.6. The van der Waals surface area contributed by atoms with E-state index < -0.39 is 12.1 Å². The molecule has 4 rings (SSSR count). The highest BCUT2D eigenvalue weighted by atomic mass is 16.5. The third-order valence-electron chi connectivity index (χ3n) is 7.61. The summed E-state index contributed by atoms with van der Waals surface area (Å²) in [6, 6.07) is 7.56. The number of piperidine rings is 1. The molecule has 0 radical (unpaired) electrons. The molecule has 3 aromatic rings. The van der Waals surface area contributed by atoms with Gasteiger partial charge in [0.25, 0.3) is 0 Å². The Morgan fingerprint density at radius 1 is 1.19 bits per heavy atom. The van der Waals surface area contributed by atoms with E-state index in [1.165, 1.54) is 0 Å². The quantitative estimate of drug-likeness (QED) is 0.364. The second kappa shape index (κ2) is 12.3. The molecule has 3 heterocycles. The highest BCUT2D eigenvalue weighted by Crippen LogP contribution is 2.34. The van der Waals surface area contributed by atoms with Crippen LogP contribution in [0.1, 0.15) is 56.0 Å². The van der Waals surface area contributed by atoms with Crippen molar-refractivity contribution in [1.82, 2.24) is 19.4 Å². The van der Waals surface area contributed by atoms with Crippen LogP contribution < -0.4 is 4.74 Å². The molecular formula is C28H38N4O4. The van der Waals surface area contributed by atoms with E-state index in [1.54, 1.807) is 13.3 Å². The first-order valence-corrected chi connectivity index (χ1v) is 13.0. The number of imidazole rings is 1. The smallest absolute Gasteiger partial charge is 0.303 e. The number of aliphatic hydroxyl groups is 1. The third-order valence-corrected chi connectivity index (χ3v) is 7.61. The first-order valence-electron chi connectivity index (χ1n) is 13.0. The molecule has 8 heteroatoms. The number of carboxylic acids is 1. The van der Waals surface area contributed by atoms with Crippen molar-refractivity contribution < 1.29 is 19.7 Å². The van der Waals surface area contributed by atoms with E-state index in [1.807, 2.05) is 43.7 Å². The lowest BCUT2D eigenvalue weighted by Gasteiger charge is -2.38. The number of ether oxygens (including phenoxy) is 1. The van der Waals surface area contributed by atoms with Gasteiger partial charge in [0, 0.05) is 50.4 Å². The van der Waals surface area contributed by atoms with Crippen molar-refractivity contribution in [2.75, 3.05) is 26.7 Å². The van der Waals surface area contributed by atoms with Crippen molar-refractivity contribution in [3.8, 4) is 5.75 Å². The van der Waals surface area contributed by atoms with Crippen LogP contribution in [0.25, 0.3) is 10.9 Å². The summed E-state index contributed by atoms with van der Waals surface area (Å²) in [5.74, 6) is 1.50. The second-order valence-electron chi connectivity index (χ2n) is 10.00. The highest BCUT2D eigenvalue weighted by molar-refractivity contribution is 5.83. The largest absolute Gasteiger partial charge is 0.497 e. The number of aliphatic carboxylic acids is 1. The van der Waals surface area contributed by atoms with Gasteiger partial charge in [-0.05, 0) is 86.9 Å². The van der Waals surface area contributed by atoms with Crippen LogP contribution in [-0.2, 0) is 18.3 Å². The zero-order valence-corrected chi connectivity index (χ0v) is 21.3. The van der Waals surface area contributed by atoms with Gasteiger partial charge >= 0.3 is 5.97 Å². The molecule has 1 aliphatic rings. The summed E-state index contributed by atoms with van der Waals surface area (Å²) in [4.78, 5) is 22.8. The van der Waals surface area contributed by atoms with Gasteiger partial charge in [0.15, 0.2) is 0 Å². The number of unbranched alkanes of at least 4 members (excludes halogenated alkanes) is 1. The van der Waals surface area contributed by atoms with E-state index >= 15 is 0 Å². The molecule has 1 unspecified atom stereocenters. The summed E-state index contributed by atoms with van der Waals surface area (Å²) in [5.41, 5.74) is 1.67. The predicted molar refractivity (Wildman–Crippen MR) is 139 cm³/mol. The van der Waals surface area contributed by atoms with E-state index in [2.05, 4.69) is 19.4 Å². The summed E-state index contributed by atoms with van der Waals surface area (Å²) in [5, 5.41) is 21.5. The Labute approximate surface area is 212 Å². The summed E-state index contributed by atoms with van der Waals surface area (Å²) < 4.78 is 7.42. The van der Waals surface area contributed by atoms with Gasteiger partial charge in [0.1, 0.15) is 11.6 Å². The van der Waals surface area contributed by atoms with Crippen molar-refractivity contribution in [3.05, 3.63) is 54.2 Å². The van der Waals surface area contributed by atoms with Crippen molar-refractivity contribution in [2.24, 2.45) is 18.9 Å². The Morgan fingerprint density at radius 3 is 2.81 bits per heavy atom. The third kappa shape index (κ3) is 6.62. The minimum Gasteiger partial charge on any atom is -0.497 e. The average Bonchev–Trinajstić information content (AvgIpc) is 3.29. The van der Waals surface area contributed by atoms with Crippen LogP contribution in [0.2, 0.25) is 0 Å². The molecule has 1 fully saturated rings. The molecule has 2 aromatic heterocycles. The molecule has 1 saturated heterocycles. The summed E-state index contributed by atoms with van der Waals surface area (Å²) >= 11 is 0. The minimum absolute atomic E-state index is 0.104. The van der Waals surface area contributed by atoms with Gasteiger partial charge in [-0.3, -0.25) is 9.78 Å². The molecule has 1 aromatic carbocycles. The Bertz CT molecular complexity index is 1150. The lowest BCUT2D eigenvalue weighted by atomic mass is 9.79. The molecule has 2 N–H and O–H groups in total. The number of hydrogen-bond donors (Lipinski definition) is 2. The topological polar surface area (TPSA) is 101 Å². The van der Waals surface area contributed by atoms with Gasteiger partial charge in [-0.2, -0.15) is 0 Å². The molecule has 0 saturated carbocycles. The molecule has 194 valence electrons. The lowest BCUT2D eigenvalue weighted by Crippen LogP contribution is -2.41. The Hall–Kier alpha value is -2.97. The fourth-order valence-electron chi connectivity index (χ4n) is 5.54. The van der Waals surface area contributed by atoms with Gasteiger partial charge in [-0.25, -0.2) is 4.98 Å². The maximum Gasteiger partial charge on any atom is 0.303 e. The van der Waals surface area contributed by atoms with E-state index in [0.29, 0.717) is 12.3 Å². The minimum atomic E-state index is -0.741. The number of hydrogen-bond acceptors (Lipinski definition) is 6. The van der Waals surface area contributed by atoms with E-state index in [-0.39, 0.29) is 12.3 Å². The normalized spacial score (nSPS) is 19.4. The molecule has 3 atom stereocenters.